The van der Waals surface area contributed by atoms with Gasteiger partial charge < -0.3 is 4.90 Å². The lowest BCUT2D eigenvalue weighted by atomic mass is 10.0. The molecule has 2 heteroatoms. The first kappa shape index (κ1) is 15.1. The lowest BCUT2D eigenvalue weighted by Gasteiger charge is -2.26. The van der Waals surface area contributed by atoms with Gasteiger partial charge in [-0.15, -0.1) is 0 Å². The van der Waals surface area contributed by atoms with Gasteiger partial charge in [0, 0.05) is 22.1 Å². The van der Waals surface area contributed by atoms with Crippen molar-refractivity contribution in [3.8, 4) is 22.3 Å². The summed E-state index contributed by atoms with van der Waals surface area (Å²) >= 11 is 6.03. The maximum absolute atomic E-state index is 8.61. The van der Waals surface area contributed by atoms with Crippen LogP contribution in [0.4, 0.5) is 17.1 Å². The van der Waals surface area contributed by atoms with Crippen LogP contribution in [0.1, 0.15) is 6.85 Å². The zero-order valence-corrected chi connectivity index (χ0v) is 17.9. The highest BCUT2D eigenvalue weighted by molar-refractivity contribution is 6.30. The molecule has 0 radical (unpaired) electrons. The van der Waals surface area contributed by atoms with Crippen molar-refractivity contribution in [2.75, 3.05) is 4.90 Å². The Bertz CT molecular complexity index is 1520. The van der Waals surface area contributed by atoms with Gasteiger partial charge in [0.1, 0.15) is 0 Å². The summed E-state index contributed by atoms with van der Waals surface area (Å²) < 4.78 is 41.7. The van der Waals surface area contributed by atoms with Crippen molar-refractivity contribution in [2.45, 2.75) is 0 Å². The van der Waals surface area contributed by atoms with E-state index in [1.54, 1.807) is 4.90 Å². The van der Waals surface area contributed by atoms with Crippen molar-refractivity contribution in [3.05, 3.63) is 138 Å². The lowest BCUT2D eigenvalue weighted by Crippen LogP contribution is -2.09. The second-order valence-corrected chi connectivity index (χ2v) is 7.71. The Morgan fingerprint density at radius 3 is 1.41 bits per heavy atom. The molecule has 1 nitrogen and oxygen atoms in total. The van der Waals surface area contributed by atoms with E-state index in [2.05, 4.69) is 0 Å². The molecule has 0 aliphatic rings. The van der Waals surface area contributed by atoms with E-state index in [0.717, 1.165) is 22.3 Å². The highest BCUT2D eigenvalue weighted by Crippen LogP contribution is 2.36. The van der Waals surface area contributed by atoms with Crippen LogP contribution >= 0.6 is 11.6 Å². The minimum atomic E-state index is -0.420. The number of anilines is 3. The monoisotopic (exact) mass is 436 g/mol. The van der Waals surface area contributed by atoms with E-state index in [-0.39, 0.29) is 29.9 Å². The van der Waals surface area contributed by atoms with Crippen molar-refractivity contribution < 1.29 is 6.85 Å². The zero-order chi connectivity index (χ0) is 26.1. The zero-order valence-electron chi connectivity index (χ0n) is 22.1. The molecule has 0 aliphatic heterocycles. The van der Waals surface area contributed by atoms with Crippen molar-refractivity contribution in [3.63, 3.8) is 0 Å². The van der Waals surface area contributed by atoms with E-state index < -0.39 is 6.04 Å². The van der Waals surface area contributed by atoms with Gasteiger partial charge in [0.05, 0.1) is 6.85 Å². The van der Waals surface area contributed by atoms with Gasteiger partial charge in [-0.1, -0.05) is 96.5 Å². The van der Waals surface area contributed by atoms with Crippen LogP contribution in [0.3, 0.4) is 0 Å². The number of para-hydroxylation sites is 1. The Kier molecular flexibility index (Phi) is 4.30. The van der Waals surface area contributed by atoms with Crippen LogP contribution < -0.4 is 4.90 Å². The molecule has 0 aromatic heterocycles. The van der Waals surface area contributed by atoms with Crippen LogP contribution in [-0.2, 0) is 0 Å². The number of hydrogen-bond acceptors (Lipinski definition) is 1. The van der Waals surface area contributed by atoms with Gasteiger partial charge >= 0.3 is 0 Å². The fourth-order valence-electron chi connectivity index (χ4n) is 3.64. The van der Waals surface area contributed by atoms with Gasteiger partial charge in [0.2, 0.25) is 0 Å². The number of halogens is 1. The topological polar surface area (TPSA) is 3.24 Å². The van der Waals surface area contributed by atoms with E-state index in [4.69, 9.17) is 18.5 Å². The van der Waals surface area contributed by atoms with E-state index in [9.17, 15) is 0 Å². The van der Waals surface area contributed by atoms with E-state index >= 15 is 0 Å². The number of rotatable bonds is 5. The molecular formula is C30H22ClN. The minimum Gasteiger partial charge on any atom is -0.311 e. The Balaban J connectivity index is 1.64. The first-order chi connectivity index (χ1) is 17.8. The van der Waals surface area contributed by atoms with Gasteiger partial charge in [-0.3, -0.25) is 0 Å². The van der Waals surface area contributed by atoms with Crippen LogP contribution in [-0.4, -0.2) is 0 Å². The molecule has 5 aromatic carbocycles. The predicted molar refractivity (Wildman–Crippen MR) is 137 cm³/mol. The summed E-state index contributed by atoms with van der Waals surface area (Å²) in [6, 6.07) is 31.2. The molecule has 0 N–H and O–H groups in total. The fraction of sp³-hybridized carbons (Fsp3) is 0. The Labute approximate surface area is 201 Å². The summed E-state index contributed by atoms with van der Waals surface area (Å²) in [4.78, 5) is 1.71. The highest BCUT2D eigenvalue weighted by atomic mass is 35.5. The molecule has 0 heterocycles. The molecule has 0 atom stereocenters. The fourth-order valence-corrected chi connectivity index (χ4v) is 3.77. The molecular weight excluding hydrogens is 410 g/mol. The van der Waals surface area contributed by atoms with Crippen LogP contribution in [0.5, 0.6) is 0 Å². The minimum absolute atomic E-state index is 0.0951. The van der Waals surface area contributed by atoms with Crippen molar-refractivity contribution in [1.29, 1.82) is 0 Å². The van der Waals surface area contributed by atoms with Gasteiger partial charge in [-0.2, -0.15) is 0 Å². The maximum atomic E-state index is 8.61. The highest BCUT2D eigenvalue weighted by Gasteiger charge is 2.12. The molecule has 0 amide bonds. The van der Waals surface area contributed by atoms with Crippen molar-refractivity contribution >= 4 is 28.7 Å². The molecule has 5 aromatic rings. The van der Waals surface area contributed by atoms with Crippen LogP contribution in [0, 0.1) is 0 Å². The Morgan fingerprint density at radius 2 is 0.906 bits per heavy atom. The summed E-state index contributed by atoms with van der Waals surface area (Å²) in [5.41, 5.74) is 5.50. The molecule has 0 aliphatic carbocycles. The van der Waals surface area contributed by atoms with E-state index in [1.807, 2.05) is 103 Å². The Morgan fingerprint density at radius 1 is 0.469 bits per heavy atom. The molecule has 0 saturated heterocycles. The van der Waals surface area contributed by atoms with Crippen molar-refractivity contribution in [1.82, 2.24) is 0 Å². The molecule has 0 saturated carbocycles. The maximum Gasteiger partial charge on any atom is 0.0645 e. The molecule has 32 heavy (non-hydrogen) atoms. The summed E-state index contributed by atoms with van der Waals surface area (Å²) in [6.07, 6.45) is 0. The third-order valence-electron chi connectivity index (χ3n) is 5.25. The number of hydrogen-bond donors (Lipinski definition) is 0. The number of benzene rings is 5. The Hall–Kier alpha value is -3.81. The standard InChI is InChI=1S/C30H22ClN/c31-27-17-11-24(12-18-27)26-15-21-30(22-16-26)32(28-9-5-2-6-10-28)29-19-13-25(14-20-29)23-7-3-1-4-8-23/h1-22H/i2D,5D,6D,9D,10D. The molecule has 0 unspecified atom stereocenters. The quantitative estimate of drug-likeness (QED) is 0.265. The summed E-state index contributed by atoms with van der Waals surface area (Å²) in [5.74, 6) is 0. The largest absolute Gasteiger partial charge is 0.311 e. The van der Waals surface area contributed by atoms with Crippen molar-refractivity contribution in [2.24, 2.45) is 0 Å². The smallest absolute Gasteiger partial charge is 0.0645 e. The van der Waals surface area contributed by atoms with Gasteiger partial charge in [0.15, 0.2) is 0 Å². The molecule has 0 bridgehead atoms. The number of nitrogens with zero attached hydrogens (tertiary/aromatic N) is 1. The van der Waals surface area contributed by atoms with Crippen LogP contribution in [0.25, 0.3) is 22.3 Å². The predicted octanol–water partition coefficient (Wildman–Crippen LogP) is 9.14. The molecule has 0 fully saturated rings. The third kappa shape index (κ3) is 4.30. The van der Waals surface area contributed by atoms with Crippen LogP contribution in [0.2, 0.25) is 5.02 Å². The second kappa shape index (κ2) is 9.13. The molecule has 154 valence electrons. The SMILES string of the molecule is [2H]c1c([2H])c([2H])c(N(c2ccc(-c3ccccc3)cc2)c2ccc(-c3ccc(Cl)cc3)cc2)c([2H])c1[2H]. The molecule has 5 rings (SSSR count). The summed E-state index contributed by atoms with van der Waals surface area (Å²) in [7, 11) is 0. The van der Waals surface area contributed by atoms with Crippen LogP contribution in [0.15, 0.2) is 133 Å². The van der Waals surface area contributed by atoms with Gasteiger partial charge in [-0.05, 0) is 70.7 Å². The summed E-state index contributed by atoms with van der Waals surface area (Å²) in [6.45, 7) is 0. The average Bonchev–Trinajstić information content (AvgIpc) is 2.94. The normalized spacial score (nSPS) is 12.8. The summed E-state index contributed by atoms with van der Waals surface area (Å²) in [5, 5.41) is 0.659. The molecule has 0 spiro atoms. The first-order valence-electron chi connectivity index (χ1n) is 12.7. The van der Waals surface area contributed by atoms with E-state index in [0.29, 0.717) is 16.4 Å². The lowest BCUT2D eigenvalue weighted by molar-refractivity contribution is 1.28. The first-order valence-corrected chi connectivity index (χ1v) is 10.6. The average molecular weight is 437 g/mol. The van der Waals surface area contributed by atoms with E-state index in [1.165, 1.54) is 0 Å². The van der Waals surface area contributed by atoms with Gasteiger partial charge in [-0.25, -0.2) is 0 Å². The second-order valence-electron chi connectivity index (χ2n) is 7.28. The third-order valence-corrected chi connectivity index (χ3v) is 5.50. The van der Waals surface area contributed by atoms with Gasteiger partial charge in [0.25, 0.3) is 0 Å².